The van der Waals surface area contributed by atoms with Crippen molar-refractivity contribution in [3.63, 3.8) is 0 Å². The summed E-state index contributed by atoms with van der Waals surface area (Å²) in [5.41, 5.74) is 8.47. The topological polar surface area (TPSA) is 35.2 Å². The highest BCUT2D eigenvalue weighted by Crippen LogP contribution is 2.36. The Morgan fingerprint density at radius 2 is 2.20 bits per heavy atom. The van der Waals surface area contributed by atoms with E-state index in [0.717, 1.165) is 22.6 Å². The first-order chi connectivity index (χ1) is 9.69. The van der Waals surface area contributed by atoms with Crippen LogP contribution in [-0.4, -0.2) is 12.9 Å². The summed E-state index contributed by atoms with van der Waals surface area (Å²) < 4.78 is 18.7. The number of thiophene rings is 1. The molecule has 1 atom stereocenters. The summed E-state index contributed by atoms with van der Waals surface area (Å²) >= 11 is 3.72. The van der Waals surface area contributed by atoms with Crippen LogP contribution in [0.1, 0.15) is 26.9 Å². The quantitative estimate of drug-likeness (QED) is 0.938. The number of hydrogen-bond donors (Lipinski definition) is 1. The smallest absolute Gasteiger partial charge is 0.165 e. The molecule has 2 nitrogen and oxygen atoms in total. The lowest BCUT2D eigenvalue weighted by molar-refractivity contribution is 0.386. The Morgan fingerprint density at radius 3 is 2.90 bits per heavy atom. The number of benzene rings is 1. The van der Waals surface area contributed by atoms with Crippen molar-refractivity contribution in [1.29, 1.82) is 0 Å². The van der Waals surface area contributed by atoms with Crippen molar-refractivity contribution in [3.05, 3.63) is 51.0 Å². The number of nitrogens with two attached hydrogens (primary N) is 1. The summed E-state index contributed by atoms with van der Waals surface area (Å²) in [5.74, 6) is 2.13. The third-order valence-corrected chi connectivity index (χ3v) is 5.82. The molecule has 1 aliphatic rings. The molecule has 0 spiro atoms. The van der Waals surface area contributed by atoms with E-state index in [1.807, 2.05) is 17.8 Å². The largest absolute Gasteiger partial charge is 0.494 e. The van der Waals surface area contributed by atoms with E-state index in [-0.39, 0.29) is 17.6 Å². The highest BCUT2D eigenvalue weighted by molar-refractivity contribution is 7.98. The number of rotatable bonds is 3. The highest BCUT2D eigenvalue weighted by atomic mass is 32.2. The maximum absolute atomic E-state index is 13.8. The molecule has 0 saturated heterocycles. The molecule has 106 valence electrons. The average molecular weight is 309 g/mol. The second kappa shape index (κ2) is 5.76. The monoisotopic (exact) mass is 309 g/mol. The van der Waals surface area contributed by atoms with Gasteiger partial charge in [0.1, 0.15) is 0 Å². The SMILES string of the molecule is COc1ccc(C(N)c2cc3c(s2)CCSC3)cc1F. The zero-order valence-corrected chi connectivity index (χ0v) is 12.8. The van der Waals surface area contributed by atoms with Crippen LogP contribution in [0.15, 0.2) is 24.3 Å². The van der Waals surface area contributed by atoms with Gasteiger partial charge in [-0.25, -0.2) is 4.39 Å². The molecule has 3 rings (SSSR count). The second-order valence-electron chi connectivity index (χ2n) is 4.77. The van der Waals surface area contributed by atoms with E-state index >= 15 is 0 Å². The van der Waals surface area contributed by atoms with Gasteiger partial charge < -0.3 is 10.5 Å². The zero-order chi connectivity index (χ0) is 14.1. The van der Waals surface area contributed by atoms with Crippen molar-refractivity contribution in [2.45, 2.75) is 18.2 Å². The summed E-state index contributed by atoms with van der Waals surface area (Å²) in [6.45, 7) is 0. The molecule has 0 fully saturated rings. The number of hydrogen-bond acceptors (Lipinski definition) is 4. The van der Waals surface area contributed by atoms with Gasteiger partial charge in [0.25, 0.3) is 0 Å². The van der Waals surface area contributed by atoms with Crippen molar-refractivity contribution in [1.82, 2.24) is 0 Å². The highest BCUT2D eigenvalue weighted by Gasteiger charge is 2.19. The minimum absolute atomic E-state index is 0.253. The fraction of sp³-hybridized carbons (Fsp3) is 0.333. The minimum Gasteiger partial charge on any atom is -0.494 e. The molecule has 1 unspecified atom stereocenters. The molecule has 0 radical (unpaired) electrons. The van der Waals surface area contributed by atoms with E-state index in [4.69, 9.17) is 10.5 Å². The predicted octanol–water partition coefficient (Wildman–Crippen LogP) is 3.73. The first-order valence-corrected chi connectivity index (χ1v) is 8.44. The van der Waals surface area contributed by atoms with Crippen LogP contribution in [0.2, 0.25) is 0 Å². The molecule has 1 aromatic heterocycles. The Kier molecular flexibility index (Phi) is 4.01. The van der Waals surface area contributed by atoms with Crippen LogP contribution >= 0.6 is 23.1 Å². The molecule has 2 aromatic rings. The fourth-order valence-electron chi connectivity index (χ4n) is 2.36. The lowest BCUT2D eigenvalue weighted by atomic mass is 10.0. The van der Waals surface area contributed by atoms with Crippen LogP contribution in [-0.2, 0) is 12.2 Å². The van der Waals surface area contributed by atoms with E-state index in [1.54, 1.807) is 17.4 Å². The standard InChI is InChI=1S/C15H16FNOS2/c1-18-12-3-2-9(6-11(12)16)15(17)14-7-10-8-19-5-4-13(10)20-14/h2-3,6-7,15H,4-5,8,17H2,1H3. The normalized spacial score (nSPS) is 15.8. The van der Waals surface area contributed by atoms with E-state index < -0.39 is 0 Å². The number of ether oxygens (including phenoxy) is 1. The number of fused-ring (bicyclic) bond motifs is 1. The summed E-state index contributed by atoms with van der Waals surface area (Å²) in [4.78, 5) is 2.55. The van der Waals surface area contributed by atoms with Crippen LogP contribution < -0.4 is 10.5 Å². The Hall–Kier alpha value is -1.04. The van der Waals surface area contributed by atoms with Gasteiger partial charge in [0.05, 0.1) is 13.2 Å². The van der Waals surface area contributed by atoms with Gasteiger partial charge in [-0.3, -0.25) is 0 Å². The molecule has 0 bridgehead atoms. The van der Waals surface area contributed by atoms with Crippen LogP contribution in [0, 0.1) is 5.82 Å². The Balaban J connectivity index is 1.90. The molecule has 0 aliphatic carbocycles. The average Bonchev–Trinajstić information content (AvgIpc) is 2.90. The minimum atomic E-state index is -0.364. The van der Waals surface area contributed by atoms with Crippen molar-refractivity contribution in [2.24, 2.45) is 5.73 Å². The Morgan fingerprint density at radius 1 is 1.35 bits per heavy atom. The van der Waals surface area contributed by atoms with Crippen LogP contribution in [0.25, 0.3) is 0 Å². The van der Waals surface area contributed by atoms with E-state index in [9.17, 15) is 4.39 Å². The maximum atomic E-state index is 13.8. The molecule has 0 saturated carbocycles. The number of thioether (sulfide) groups is 1. The van der Waals surface area contributed by atoms with Gasteiger partial charge >= 0.3 is 0 Å². The first-order valence-electron chi connectivity index (χ1n) is 6.47. The molecular formula is C15H16FNOS2. The number of methoxy groups -OCH3 is 1. The molecule has 2 heterocycles. The van der Waals surface area contributed by atoms with E-state index in [2.05, 4.69) is 6.07 Å². The molecular weight excluding hydrogens is 293 g/mol. The first kappa shape index (κ1) is 13.9. The molecule has 20 heavy (non-hydrogen) atoms. The zero-order valence-electron chi connectivity index (χ0n) is 11.2. The molecule has 5 heteroatoms. The third-order valence-electron chi connectivity index (χ3n) is 3.49. The van der Waals surface area contributed by atoms with Gasteiger partial charge in [-0.05, 0) is 41.5 Å². The molecule has 1 aliphatic heterocycles. The predicted molar refractivity (Wildman–Crippen MR) is 83.2 cm³/mol. The molecule has 0 amide bonds. The van der Waals surface area contributed by atoms with Gasteiger partial charge in [0.15, 0.2) is 11.6 Å². The van der Waals surface area contributed by atoms with Gasteiger partial charge in [0, 0.05) is 15.5 Å². The summed E-state index contributed by atoms with van der Waals surface area (Å²) in [5, 5.41) is 0. The number of aryl methyl sites for hydroxylation is 1. The number of halogens is 1. The maximum Gasteiger partial charge on any atom is 0.165 e. The van der Waals surface area contributed by atoms with Crippen molar-refractivity contribution < 1.29 is 9.13 Å². The lowest BCUT2D eigenvalue weighted by Crippen LogP contribution is -2.10. The summed E-state index contributed by atoms with van der Waals surface area (Å²) in [7, 11) is 1.46. The van der Waals surface area contributed by atoms with E-state index in [0.29, 0.717) is 0 Å². The Labute approximate surface area is 126 Å². The fourth-order valence-corrected chi connectivity index (χ4v) is 4.77. The Bertz CT molecular complexity index is 603. The van der Waals surface area contributed by atoms with Crippen LogP contribution in [0.4, 0.5) is 4.39 Å². The lowest BCUT2D eigenvalue weighted by Gasteiger charge is -2.11. The van der Waals surface area contributed by atoms with Crippen LogP contribution in [0.3, 0.4) is 0 Å². The summed E-state index contributed by atoms with van der Waals surface area (Å²) in [6.07, 6.45) is 1.12. The van der Waals surface area contributed by atoms with Gasteiger partial charge in [-0.15, -0.1) is 11.3 Å². The van der Waals surface area contributed by atoms with Crippen molar-refractivity contribution >= 4 is 23.1 Å². The van der Waals surface area contributed by atoms with Gasteiger partial charge in [0.2, 0.25) is 0 Å². The van der Waals surface area contributed by atoms with E-state index in [1.165, 1.54) is 29.4 Å². The van der Waals surface area contributed by atoms with Gasteiger partial charge in [-0.2, -0.15) is 11.8 Å². The third kappa shape index (κ3) is 2.57. The van der Waals surface area contributed by atoms with Crippen LogP contribution in [0.5, 0.6) is 5.75 Å². The summed E-state index contributed by atoms with van der Waals surface area (Å²) in [6, 6.07) is 6.85. The second-order valence-corrected chi connectivity index (χ2v) is 7.04. The van der Waals surface area contributed by atoms with Crippen molar-refractivity contribution in [3.8, 4) is 5.75 Å². The van der Waals surface area contributed by atoms with Crippen molar-refractivity contribution in [2.75, 3.05) is 12.9 Å². The molecule has 2 N–H and O–H groups in total. The molecule has 1 aromatic carbocycles. The van der Waals surface area contributed by atoms with Gasteiger partial charge in [-0.1, -0.05) is 6.07 Å².